The summed E-state index contributed by atoms with van der Waals surface area (Å²) in [5.41, 5.74) is 0. The third kappa shape index (κ3) is 0.423. The van der Waals surface area contributed by atoms with Gasteiger partial charge in [0.25, 0.3) is 0 Å². The molecule has 5 fully saturated rings. The summed E-state index contributed by atoms with van der Waals surface area (Å²) in [4.78, 5) is 0. The van der Waals surface area contributed by atoms with Gasteiger partial charge in [0.2, 0.25) is 0 Å². The topological polar surface area (TPSA) is 20.2 Å². The molecule has 0 radical (unpaired) electrons. The van der Waals surface area contributed by atoms with E-state index >= 15 is 0 Å². The molecule has 5 saturated carbocycles. The Morgan fingerprint density at radius 2 is 1.31 bits per heavy atom. The van der Waals surface area contributed by atoms with Gasteiger partial charge in [-0.05, 0) is 66.6 Å². The summed E-state index contributed by atoms with van der Waals surface area (Å²) in [5, 5.41) is 10.2. The minimum Gasteiger partial charge on any atom is -0.393 e. The maximum absolute atomic E-state index is 10.2. The summed E-state index contributed by atoms with van der Waals surface area (Å²) in [6.07, 6.45) is 4.58. The molecule has 5 aliphatic rings. The van der Waals surface area contributed by atoms with Crippen LogP contribution in [0.3, 0.4) is 0 Å². The van der Waals surface area contributed by atoms with Gasteiger partial charge < -0.3 is 5.11 Å². The quantitative estimate of drug-likeness (QED) is 0.593. The number of aliphatic hydroxyl groups is 1. The average molecular weight is 176 g/mol. The monoisotopic (exact) mass is 176 g/mol. The van der Waals surface area contributed by atoms with Gasteiger partial charge in [0.05, 0.1) is 6.10 Å². The zero-order chi connectivity index (χ0) is 8.32. The van der Waals surface area contributed by atoms with Gasteiger partial charge in [0.15, 0.2) is 0 Å². The van der Waals surface area contributed by atoms with Crippen molar-refractivity contribution in [2.45, 2.75) is 25.4 Å². The Labute approximate surface area is 78.5 Å². The highest BCUT2D eigenvalue weighted by atomic mass is 16.3. The van der Waals surface area contributed by atoms with Crippen molar-refractivity contribution in [3.05, 3.63) is 0 Å². The van der Waals surface area contributed by atoms with E-state index < -0.39 is 0 Å². The first-order valence-electron chi connectivity index (χ1n) is 6.06. The lowest BCUT2D eigenvalue weighted by Crippen LogP contribution is -2.45. The van der Waals surface area contributed by atoms with E-state index in [1.807, 2.05) is 0 Å². The third-order valence-corrected chi connectivity index (χ3v) is 6.56. The fourth-order valence-electron chi connectivity index (χ4n) is 6.79. The summed E-state index contributed by atoms with van der Waals surface area (Å²) in [6, 6.07) is 0. The van der Waals surface area contributed by atoms with Gasteiger partial charge in [0.1, 0.15) is 0 Å². The van der Waals surface area contributed by atoms with Gasteiger partial charge >= 0.3 is 0 Å². The van der Waals surface area contributed by atoms with Crippen LogP contribution in [0, 0.1) is 47.3 Å². The SMILES string of the molecule is O[C@@H]1[C@H]2C[C@H]3[C@@H]4[C@@H]5CC[C@H]([C@@H]24)[C@H]5[C@@H]13. The summed E-state index contributed by atoms with van der Waals surface area (Å²) in [7, 11) is 0. The van der Waals surface area contributed by atoms with Crippen molar-refractivity contribution in [1.82, 2.24) is 0 Å². The molecule has 0 aliphatic heterocycles. The van der Waals surface area contributed by atoms with E-state index in [1.54, 1.807) is 0 Å². The summed E-state index contributed by atoms with van der Waals surface area (Å²) >= 11 is 0. The van der Waals surface area contributed by atoms with Crippen LogP contribution in [0.15, 0.2) is 0 Å². The summed E-state index contributed by atoms with van der Waals surface area (Å²) in [5.74, 6) is 7.75. The smallest absolute Gasteiger partial charge is 0.0605 e. The summed E-state index contributed by atoms with van der Waals surface area (Å²) < 4.78 is 0. The molecule has 0 aromatic heterocycles. The zero-order valence-corrected chi connectivity index (χ0v) is 7.76. The molecule has 13 heavy (non-hydrogen) atoms. The predicted molar refractivity (Wildman–Crippen MR) is 47.8 cm³/mol. The minimum absolute atomic E-state index is 0.135. The number of rotatable bonds is 0. The van der Waals surface area contributed by atoms with Crippen molar-refractivity contribution in [3.63, 3.8) is 0 Å². The van der Waals surface area contributed by atoms with E-state index in [0.29, 0.717) is 0 Å². The zero-order valence-electron chi connectivity index (χ0n) is 7.76. The van der Waals surface area contributed by atoms with Gasteiger partial charge in [-0.2, -0.15) is 0 Å². The Morgan fingerprint density at radius 3 is 2.08 bits per heavy atom. The van der Waals surface area contributed by atoms with Gasteiger partial charge in [0, 0.05) is 0 Å². The molecule has 0 spiro atoms. The van der Waals surface area contributed by atoms with Crippen molar-refractivity contribution in [3.8, 4) is 0 Å². The second-order valence-corrected chi connectivity index (χ2v) is 6.27. The second kappa shape index (κ2) is 1.60. The molecule has 70 valence electrons. The van der Waals surface area contributed by atoms with Crippen molar-refractivity contribution < 1.29 is 5.11 Å². The Hall–Kier alpha value is -0.0400. The van der Waals surface area contributed by atoms with Crippen LogP contribution in [0.25, 0.3) is 0 Å². The molecular weight excluding hydrogens is 160 g/mol. The van der Waals surface area contributed by atoms with Crippen LogP contribution in [0.4, 0.5) is 0 Å². The average Bonchev–Trinajstić information content (AvgIpc) is 2.77. The van der Waals surface area contributed by atoms with E-state index in [0.717, 1.165) is 47.3 Å². The lowest BCUT2D eigenvalue weighted by molar-refractivity contribution is -0.0519. The molecule has 6 bridgehead atoms. The molecule has 0 heterocycles. The highest BCUT2D eigenvalue weighted by molar-refractivity contribution is 5.25. The maximum atomic E-state index is 10.2. The summed E-state index contributed by atoms with van der Waals surface area (Å²) in [6.45, 7) is 0. The van der Waals surface area contributed by atoms with Gasteiger partial charge in [-0.15, -0.1) is 0 Å². The number of aliphatic hydroxyl groups excluding tert-OH is 1. The van der Waals surface area contributed by atoms with Crippen LogP contribution in [-0.2, 0) is 0 Å². The maximum Gasteiger partial charge on any atom is 0.0605 e. The molecule has 0 aromatic carbocycles. The van der Waals surface area contributed by atoms with Crippen molar-refractivity contribution >= 4 is 0 Å². The molecule has 5 aliphatic carbocycles. The molecule has 0 amide bonds. The molecule has 1 N–H and O–H groups in total. The van der Waals surface area contributed by atoms with E-state index in [1.165, 1.54) is 19.3 Å². The van der Waals surface area contributed by atoms with Crippen LogP contribution in [0.5, 0.6) is 0 Å². The Bertz CT molecular complexity index is 278. The van der Waals surface area contributed by atoms with Crippen LogP contribution < -0.4 is 0 Å². The third-order valence-electron chi connectivity index (χ3n) is 6.56. The first-order chi connectivity index (χ1) is 6.38. The first-order valence-corrected chi connectivity index (χ1v) is 6.06. The van der Waals surface area contributed by atoms with Crippen molar-refractivity contribution in [2.75, 3.05) is 0 Å². The number of fused-ring (bicyclic) bond motifs is 3. The van der Waals surface area contributed by atoms with Crippen molar-refractivity contribution in [2.24, 2.45) is 47.3 Å². The van der Waals surface area contributed by atoms with Gasteiger partial charge in [-0.1, -0.05) is 0 Å². The molecule has 1 nitrogen and oxygen atoms in total. The minimum atomic E-state index is 0.135. The van der Waals surface area contributed by atoms with Crippen LogP contribution >= 0.6 is 0 Å². The van der Waals surface area contributed by atoms with Crippen LogP contribution in [0.2, 0.25) is 0 Å². The number of hydrogen-bond donors (Lipinski definition) is 1. The lowest BCUT2D eigenvalue weighted by atomic mass is 9.62. The Balaban J connectivity index is 1.80. The molecule has 0 unspecified atom stereocenters. The van der Waals surface area contributed by atoms with E-state index in [2.05, 4.69) is 0 Å². The largest absolute Gasteiger partial charge is 0.393 e. The van der Waals surface area contributed by atoms with Gasteiger partial charge in [-0.3, -0.25) is 0 Å². The molecule has 0 aromatic rings. The molecule has 5 rings (SSSR count). The van der Waals surface area contributed by atoms with E-state index in [9.17, 15) is 5.11 Å². The fraction of sp³-hybridized carbons (Fsp3) is 1.00. The predicted octanol–water partition coefficient (Wildman–Crippen LogP) is 1.52. The van der Waals surface area contributed by atoms with Crippen LogP contribution in [-0.4, -0.2) is 11.2 Å². The highest BCUT2D eigenvalue weighted by Gasteiger charge is 2.77. The van der Waals surface area contributed by atoms with E-state index in [4.69, 9.17) is 0 Å². The fourth-order valence-corrected chi connectivity index (χ4v) is 6.79. The Morgan fingerprint density at radius 1 is 0.692 bits per heavy atom. The molecular formula is C12H16O. The first kappa shape index (κ1) is 6.44. The molecule has 1 heteroatoms. The van der Waals surface area contributed by atoms with Crippen molar-refractivity contribution in [1.29, 1.82) is 0 Å². The highest BCUT2D eigenvalue weighted by Crippen LogP contribution is 2.80. The number of hydrogen-bond acceptors (Lipinski definition) is 1. The standard InChI is InChI=1S/C12H16O/c13-12-7-3-6-9-4-1-2-5(10(7)9)8(4)11(6)12/h4-13H,1-3H2/t4-,5+,6+,7+,8+,9+,10+,11+,12-/m1/s1. The normalized spacial score (nSPS) is 80.5. The van der Waals surface area contributed by atoms with Gasteiger partial charge in [-0.25, -0.2) is 0 Å². The molecule has 0 saturated heterocycles. The van der Waals surface area contributed by atoms with Crippen LogP contribution in [0.1, 0.15) is 19.3 Å². The lowest BCUT2D eigenvalue weighted by Gasteiger charge is -2.44. The van der Waals surface area contributed by atoms with E-state index in [-0.39, 0.29) is 6.10 Å². The molecule has 9 atom stereocenters. The second-order valence-electron chi connectivity index (χ2n) is 6.27. The Kier molecular flexibility index (Phi) is 0.793.